The molecule has 1 aromatic rings. The number of hydrogen-bond acceptors (Lipinski definition) is 2. The number of rotatable bonds is 3. The molecule has 1 aromatic carbocycles. The molecular weight excluding hydrogens is 312 g/mol. The molecule has 88 valence electrons. The van der Waals surface area contributed by atoms with Gasteiger partial charge < -0.3 is 0 Å². The van der Waals surface area contributed by atoms with E-state index in [1.165, 1.54) is 12.1 Å². The molecule has 0 fully saturated rings. The van der Waals surface area contributed by atoms with Crippen molar-refractivity contribution >= 4 is 24.2 Å². The fourth-order valence-corrected chi connectivity index (χ4v) is 1.99. The summed E-state index contributed by atoms with van der Waals surface area (Å²) in [4.78, 5) is 8.45. The molecule has 16 heavy (non-hydrogen) atoms. The first-order valence-electron chi connectivity index (χ1n) is 3.95. The maximum Gasteiger partial charge on any atom is 0.696 e. The minimum absolute atomic E-state index is 0.118. The molecule has 0 bridgehead atoms. The first-order valence-corrected chi connectivity index (χ1v) is 5.99. The van der Waals surface area contributed by atoms with Gasteiger partial charge in [-0.2, -0.15) is 13.2 Å². The standard InChI is InChI=1S/C8H5BrF3O3P/c9-7(15-16(13)14)5-2-1-3-6(4-5)8(10,11)12/h1-4,7H/p+1. The van der Waals surface area contributed by atoms with Crippen LogP contribution in [-0.4, -0.2) is 4.89 Å². The summed E-state index contributed by atoms with van der Waals surface area (Å²) in [6.45, 7) is 0. The van der Waals surface area contributed by atoms with Gasteiger partial charge in [0, 0.05) is 4.57 Å². The molecule has 0 heterocycles. The Morgan fingerprint density at radius 2 is 2.06 bits per heavy atom. The van der Waals surface area contributed by atoms with E-state index in [1.54, 1.807) is 0 Å². The van der Waals surface area contributed by atoms with Crippen LogP contribution in [0, 0.1) is 0 Å². The molecule has 0 saturated heterocycles. The monoisotopic (exact) mass is 317 g/mol. The van der Waals surface area contributed by atoms with Crippen LogP contribution in [0.3, 0.4) is 0 Å². The molecule has 8 heteroatoms. The number of hydrogen-bond donors (Lipinski definition) is 1. The summed E-state index contributed by atoms with van der Waals surface area (Å²) in [6, 6.07) is 4.30. The Morgan fingerprint density at radius 1 is 1.44 bits per heavy atom. The van der Waals surface area contributed by atoms with E-state index in [4.69, 9.17) is 4.89 Å². The SMILES string of the molecule is O=[P+](O)OC(Br)c1cccc(C(F)(F)F)c1. The Hall–Kier alpha value is -0.490. The zero-order chi connectivity index (χ0) is 12.3. The van der Waals surface area contributed by atoms with E-state index in [9.17, 15) is 17.7 Å². The van der Waals surface area contributed by atoms with Gasteiger partial charge in [-0.15, -0.1) is 4.89 Å². The van der Waals surface area contributed by atoms with Crippen molar-refractivity contribution in [2.24, 2.45) is 0 Å². The smallest absolute Gasteiger partial charge is 0.166 e. The molecule has 3 nitrogen and oxygen atoms in total. The van der Waals surface area contributed by atoms with Crippen molar-refractivity contribution in [3.05, 3.63) is 35.4 Å². The van der Waals surface area contributed by atoms with E-state index in [-0.39, 0.29) is 5.56 Å². The molecule has 0 aliphatic heterocycles. The van der Waals surface area contributed by atoms with E-state index >= 15 is 0 Å². The van der Waals surface area contributed by atoms with Gasteiger partial charge in [-0.3, -0.25) is 0 Å². The molecule has 0 saturated carbocycles. The second kappa shape index (κ2) is 5.23. The number of alkyl halides is 4. The second-order valence-corrected chi connectivity index (χ2v) is 4.30. The van der Waals surface area contributed by atoms with Crippen LogP contribution in [0.5, 0.6) is 0 Å². The van der Waals surface area contributed by atoms with Crippen molar-refractivity contribution < 1.29 is 27.2 Å². The lowest BCUT2D eigenvalue weighted by molar-refractivity contribution is -0.137. The molecule has 0 spiro atoms. The van der Waals surface area contributed by atoms with Crippen LogP contribution < -0.4 is 0 Å². The van der Waals surface area contributed by atoms with Crippen LogP contribution in [-0.2, 0) is 15.3 Å². The third-order valence-electron chi connectivity index (χ3n) is 1.66. The molecule has 2 unspecified atom stereocenters. The van der Waals surface area contributed by atoms with Crippen molar-refractivity contribution in [1.29, 1.82) is 0 Å². The lowest BCUT2D eigenvalue weighted by Gasteiger charge is -2.09. The summed E-state index contributed by atoms with van der Waals surface area (Å²) in [7, 11) is -2.88. The summed E-state index contributed by atoms with van der Waals surface area (Å²) in [5.74, 6) is 0. The van der Waals surface area contributed by atoms with E-state index < -0.39 is 25.0 Å². The van der Waals surface area contributed by atoms with Gasteiger partial charge in [0.1, 0.15) is 0 Å². The summed E-state index contributed by atoms with van der Waals surface area (Å²) in [5, 5.41) is -1.05. The van der Waals surface area contributed by atoms with Crippen LogP contribution in [0.2, 0.25) is 0 Å². The van der Waals surface area contributed by atoms with Crippen molar-refractivity contribution in [3.8, 4) is 0 Å². The van der Waals surface area contributed by atoms with Crippen molar-refractivity contribution in [1.82, 2.24) is 0 Å². The Balaban J connectivity index is 2.94. The summed E-state index contributed by atoms with van der Waals surface area (Å²) in [6.07, 6.45) is -4.45. The van der Waals surface area contributed by atoms with Crippen molar-refractivity contribution in [2.45, 2.75) is 11.2 Å². The Morgan fingerprint density at radius 3 is 2.56 bits per heavy atom. The molecule has 0 amide bonds. The molecule has 0 radical (unpaired) electrons. The van der Waals surface area contributed by atoms with Crippen molar-refractivity contribution in [2.75, 3.05) is 0 Å². The predicted octanol–water partition coefficient (Wildman–Crippen LogP) is 3.77. The molecular formula is C8H6BrF3O3P+. The second-order valence-electron chi connectivity index (χ2n) is 2.78. The number of halogens is 4. The maximum atomic E-state index is 12.3. The fraction of sp³-hybridized carbons (Fsp3) is 0.250. The highest BCUT2D eigenvalue weighted by atomic mass is 79.9. The number of benzene rings is 1. The van der Waals surface area contributed by atoms with Crippen LogP contribution in [0.4, 0.5) is 13.2 Å². The zero-order valence-corrected chi connectivity index (χ0v) is 10.1. The van der Waals surface area contributed by atoms with Crippen molar-refractivity contribution in [3.63, 3.8) is 0 Å². The van der Waals surface area contributed by atoms with Crippen LogP contribution in [0.1, 0.15) is 16.1 Å². The van der Waals surface area contributed by atoms with Gasteiger partial charge in [0.15, 0.2) is 5.01 Å². The molecule has 2 atom stereocenters. The van der Waals surface area contributed by atoms with Crippen LogP contribution in [0.15, 0.2) is 24.3 Å². The van der Waals surface area contributed by atoms with E-state index in [2.05, 4.69) is 20.5 Å². The van der Waals surface area contributed by atoms with Crippen LogP contribution >= 0.6 is 24.2 Å². The van der Waals surface area contributed by atoms with Gasteiger partial charge in [0.25, 0.3) is 0 Å². The summed E-state index contributed by atoms with van der Waals surface area (Å²) < 4.78 is 51.7. The first kappa shape index (κ1) is 13.6. The van der Waals surface area contributed by atoms with E-state index in [0.29, 0.717) is 0 Å². The average Bonchev–Trinajstić information content (AvgIpc) is 2.15. The highest BCUT2D eigenvalue weighted by molar-refractivity contribution is 9.09. The highest BCUT2D eigenvalue weighted by Crippen LogP contribution is 2.36. The molecule has 1 N–H and O–H groups in total. The minimum Gasteiger partial charge on any atom is -0.166 e. The fourth-order valence-electron chi connectivity index (χ4n) is 0.996. The summed E-state index contributed by atoms with van der Waals surface area (Å²) in [5.41, 5.74) is -0.724. The normalized spacial score (nSPS) is 14.7. The predicted molar refractivity (Wildman–Crippen MR) is 54.0 cm³/mol. The third kappa shape index (κ3) is 3.83. The molecule has 0 aliphatic carbocycles. The largest absolute Gasteiger partial charge is 0.696 e. The maximum absolute atomic E-state index is 12.3. The highest BCUT2D eigenvalue weighted by Gasteiger charge is 2.31. The zero-order valence-electron chi connectivity index (χ0n) is 7.61. The van der Waals surface area contributed by atoms with Gasteiger partial charge in [0.05, 0.1) is 5.56 Å². The minimum atomic E-state index is -4.45. The topological polar surface area (TPSA) is 46.5 Å². The van der Waals surface area contributed by atoms with E-state index in [1.807, 2.05) is 0 Å². The molecule has 1 rings (SSSR count). The van der Waals surface area contributed by atoms with E-state index in [0.717, 1.165) is 12.1 Å². The van der Waals surface area contributed by atoms with Gasteiger partial charge >= 0.3 is 14.4 Å². The molecule has 0 aliphatic rings. The summed E-state index contributed by atoms with van der Waals surface area (Å²) >= 11 is 2.85. The van der Waals surface area contributed by atoms with Gasteiger partial charge in [0.2, 0.25) is 0 Å². The Labute approximate surface area is 98.3 Å². The average molecular weight is 318 g/mol. The Bertz CT molecular complexity index is 396. The lowest BCUT2D eigenvalue weighted by atomic mass is 10.1. The van der Waals surface area contributed by atoms with Crippen LogP contribution in [0.25, 0.3) is 0 Å². The first-order chi connectivity index (χ1) is 7.30. The quantitative estimate of drug-likeness (QED) is 0.682. The lowest BCUT2D eigenvalue weighted by Crippen LogP contribution is -2.05. The molecule has 0 aromatic heterocycles. The third-order valence-corrected chi connectivity index (χ3v) is 3.05. The Kier molecular flexibility index (Phi) is 4.43. The van der Waals surface area contributed by atoms with Gasteiger partial charge in [-0.1, -0.05) is 16.7 Å². The van der Waals surface area contributed by atoms with Gasteiger partial charge in [-0.25, -0.2) is 0 Å². The van der Waals surface area contributed by atoms with Gasteiger partial charge in [-0.05, 0) is 33.6 Å².